The summed E-state index contributed by atoms with van der Waals surface area (Å²) >= 11 is 1.34. The molecule has 11 nitrogen and oxygen atoms in total. The number of halogens is 3. The molecule has 4 amide bonds. The molecule has 4 atom stereocenters. The number of aryl methyl sites for hydroxylation is 1. The lowest BCUT2D eigenvalue weighted by Crippen LogP contribution is -2.53. The Morgan fingerprint density at radius 1 is 1.17 bits per heavy atom. The van der Waals surface area contributed by atoms with E-state index in [9.17, 15) is 23.6 Å². The second kappa shape index (κ2) is 17.5. The third kappa shape index (κ3) is 10.9. The molecule has 3 N–H and O–H groups in total. The maximum absolute atomic E-state index is 16.4. The molecule has 4 unspecified atom stereocenters. The number of carbonyl (C=O) groups excluding carboxylic acids is 4. The molecule has 1 aliphatic carbocycles. The summed E-state index contributed by atoms with van der Waals surface area (Å²) in [4.78, 5) is 59.6. The molecule has 0 radical (unpaired) electrons. The number of allylic oxidation sites excluding steroid dienone is 1. The highest BCUT2D eigenvalue weighted by atomic mass is 127. The molecular weight excluding hydrogens is 819 g/mol. The Labute approximate surface area is 331 Å². The summed E-state index contributed by atoms with van der Waals surface area (Å²) in [7, 11) is 0. The summed E-state index contributed by atoms with van der Waals surface area (Å²) in [6.45, 7) is 10.3. The average Bonchev–Trinajstić information content (AvgIpc) is 3.70. The van der Waals surface area contributed by atoms with Gasteiger partial charge in [0.2, 0.25) is 11.8 Å². The highest BCUT2D eigenvalue weighted by molar-refractivity contribution is 14.0. The topological polar surface area (TPSA) is 139 Å². The number of unbranched alkanes of at least 4 members (excludes halogenated alkanes) is 3. The van der Waals surface area contributed by atoms with E-state index in [4.69, 9.17) is 9.47 Å². The van der Waals surface area contributed by atoms with Gasteiger partial charge in [0.05, 0.1) is 17.8 Å². The number of hydrogen-bond donors (Lipinski definition) is 3. The molecule has 5 rings (SSSR count). The highest BCUT2D eigenvalue weighted by Crippen LogP contribution is 2.50. The molecule has 3 heterocycles. The number of likely N-dealkylation sites (tertiary alicyclic amines) is 1. The maximum Gasteiger partial charge on any atom is 0.408 e. The maximum atomic E-state index is 16.4. The van der Waals surface area contributed by atoms with E-state index in [1.54, 1.807) is 27.7 Å². The van der Waals surface area contributed by atoms with Gasteiger partial charge in [0, 0.05) is 34.6 Å². The molecule has 1 aromatic heterocycles. The highest BCUT2D eigenvalue weighted by Gasteiger charge is 2.54. The Bertz CT molecular complexity index is 1720. The largest absolute Gasteiger partial charge is 0.483 e. The van der Waals surface area contributed by atoms with Crippen LogP contribution in [-0.2, 0) is 19.1 Å². The molecule has 2 fully saturated rings. The Morgan fingerprint density at radius 3 is 2.58 bits per heavy atom. The Kier molecular flexibility index (Phi) is 14.0. The number of nitrogens with zero attached hydrogens (tertiary/aromatic N) is 2. The second-order valence-corrected chi connectivity index (χ2v) is 16.8. The third-order valence-electron chi connectivity index (χ3n) is 9.60. The minimum absolute atomic E-state index is 0. The number of carbonyl (C=O) groups is 4. The van der Waals surface area contributed by atoms with Crippen molar-refractivity contribution in [3.63, 3.8) is 0 Å². The van der Waals surface area contributed by atoms with Crippen molar-refractivity contribution < 1.29 is 37.4 Å². The second-order valence-electron chi connectivity index (χ2n) is 15.4. The van der Waals surface area contributed by atoms with E-state index in [1.165, 1.54) is 35.0 Å². The molecular formula is C38H52F2IN5O6S. The van der Waals surface area contributed by atoms with Gasteiger partial charge >= 0.3 is 6.09 Å². The van der Waals surface area contributed by atoms with Gasteiger partial charge in [0.1, 0.15) is 47.6 Å². The first-order valence-electron chi connectivity index (χ1n) is 18.1. The van der Waals surface area contributed by atoms with Crippen LogP contribution >= 0.6 is 35.9 Å². The van der Waals surface area contributed by atoms with Gasteiger partial charge in [-0.1, -0.05) is 31.9 Å². The number of amides is 4. The normalized spacial score (nSPS) is 22.1. The molecule has 53 heavy (non-hydrogen) atoms. The minimum Gasteiger partial charge on any atom is -0.483 e. The van der Waals surface area contributed by atoms with Crippen molar-refractivity contribution >= 4 is 70.6 Å². The van der Waals surface area contributed by atoms with Crippen molar-refractivity contribution in [2.45, 2.75) is 134 Å². The quantitative estimate of drug-likeness (QED) is 0.0827. The van der Waals surface area contributed by atoms with Crippen LogP contribution in [0.25, 0.3) is 10.9 Å². The number of ether oxygens (including phenoxy) is 2. The van der Waals surface area contributed by atoms with Crippen molar-refractivity contribution in [3.8, 4) is 5.75 Å². The molecule has 1 saturated heterocycles. The van der Waals surface area contributed by atoms with Crippen LogP contribution in [0.3, 0.4) is 0 Å². The first-order chi connectivity index (χ1) is 24.5. The molecule has 1 spiro atoms. The molecule has 0 bridgehead atoms. The van der Waals surface area contributed by atoms with Gasteiger partial charge in [0.15, 0.2) is 0 Å². The van der Waals surface area contributed by atoms with Crippen LogP contribution in [0.15, 0.2) is 30.4 Å². The van der Waals surface area contributed by atoms with E-state index in [0.717, 1.165) is 38.5 Å². The summed E-state index contributed by atoms with van der Waals surface area (Å²) in [6, 6.07) is 1.86. The zero-order valence-electron chi connectivity index (χ0n) is 31.3. The molecule has 1 aromatic carbocycles. The van der Waals surface area contributed by atoms with Crippen molar-refractivity contribution in [1.29, 1.82) is 0 Å². The summed E-state index contributed by atoms with van der Waals surface area (Å²) in [5.41, 5.74) is -1.25. The fourth-order valence-corrected chi connectivity index (χ4v) is 7.41. The first kappa shape index (κ1) is 42.5. The van der Waals surface area contributed by atoms with E-state index >= 15 is 4.39 Å². The van der Waals surface area contributed by atoms with Gasteiger partial charge < -0.3 is 25.0 Å². The fourth-order valence-electron chi connectivity index (χ4n) is 6.61. The van der Waals surface area contributed by atoms with Gasteiger partial charge in [-0.2, -0.15) is 0 Å². The number of rotatable bonds is 13. The van der Waals surface area contributed by atoms with E-state index in [-0.39, 0.29) is 71.8 Å². The van der Waals surface area contributed by atoms with Gasteiger partial charge in [-0.05, 0) is 90.8 Å². The lowest BCUT2D eigenvalue weighted by Gasteiger charge is -2.38. The van der Waals surface area contributed by atoms with Crippen molar-refractivity contribution in [3.05, 3.63) is 47.4 Å². The number of pyridine rings is 1. The lowest BCUT2D eigenvalue weighted by molar-refractivity contribution is -0.138. The van der Waals surface area contributed by atoms with Crippen LogP contribution in [-0.4, -0.2) is 74.8 Å². The lowest BCUT2D eigenvalue weighted by atomic mass is 9.86. The van der Waals surface area contributed by atoms with E-state index in [1.807, 2.05) is 12.2 Å². The van der Waals surface area contributed by atoms with Gasteiger partial charge in [-0.25, -0.2) is 18.6 Å². The van der Waals surface area contributed by atoms with E-state index < -0.39 is 59.7 Å². The van der Waals surface area contributed by atoms with Crippen LogP contribution < -0.4 is 20.1 Å². The van der Waals surface area contributed by atoms with Gasteiger partial charge in [-0.15, -0.1) is 24.0 Å². The number of nitrogens with one attached hydrogen (secondary N) is 3. The molecule has 1 saturated carbocycles. The number of alkyl halides is 1. The molecule has 2 aliphatic heterocycles. The molecule has 2 aromatic rings. The third-order valence-corrected chi connectivity index (χ3v) is 10.8. The summed E-state index contributed by atoms with van der Waals surface area (Å²) in [5.74, 6) is -1.88. The monoisotopic (exact) mass is 871 g/mol. The predicted octanol–water partition coefficient (Wildman–Crippen LogP) is 7.29. The molecule has 3 aliphatic rings. The Hall–Kier alpha value is -3.21. The number of fused-ring (bicyclic) bond motifs is 3. The smallest absolute Gasteiger partial charge is 0.408 e. The van der Waals surface area contributed by atoms with Crippen LogP contribution in [0.1, 0.15) is 110 Å². The zero-order valence-corrected chi connectivity index (χ0v) is 34.5. The predicted molar refractivity (Wildman–Crippen MR) is 211 cm³/mol. The Morgan fingerprint density at radius 2 is 1.91 bits per heavy atom. The minimum atomic E-state index is -1.57. The number of alkyl carbamates (subject to hydrolysis) is 1. The van der Waals surface area contributed by atoms with Crippen molar-refractivity contribution in [2.24, 2.45) is 0 Å². The molecule has 15 heteroatoms. The number of aromatic nitrogens is 1. The van der Waals surface area contributed by atoms with Gasteiger partial charge in [-0.3, -0.25) is 19.1 Å². The fraction of sp³-hybridized carbons (Fsp3) is 0.605. The standard InChI is InChI=1S/C38H51F2N5O6S.HI/c1-7-8-9-10-11-12-13-27(33(47)44-52-37(6)16-17-37)43-34(48)29-20-38(22-45(29)30(46)21-41-35(49)51-36(3,4)5)19-26(40)31-25-15-14-24(39)18-28(25)42-23(2)32(31)50-38;/h11-12,14-15,18,26-27,29H,7-10,13,16-17,19-22H2,1-6H3,(H,41,49)(H,43,48)(H,44,47);1H/b12-11-;. The molecule has 292 valence electrons. The SMILES string of the molecule is CCCCC/C=C\CC(NC(=O)C1CC2(CC(F)c3c(c(C)nc4cc(F)ccc34)O2)CN1C(=O)CNC(=O)OC(C)(C)C)C(=O)NSC1(C)CC1.I. The van der Waals surface area contributed by atoms with E-state index in [2.05, 4.69) is 34.2 Å². The number of benzene rings is 1. The van der Waals surface area contributed by atoms with E-state index in [0.29, 0.717) is 16.6 Å². The average molecular weight is 872 g/mol. The van der Waals surface area contributed by atoms with Crippen molar-refractivity contribution in [2.75, 3.05) is 13.1 Å². The first-order valence-corrected chi connectivity index (χ1v) is 19.0. The zero-order chi connectivity index (χ0) is 37.8. The van der Waals surface area contributed by atoms with Crippen LogP contribution in [0.5, 0.6) is 5.75 Å². The van der Waals surface area contributed by atoms with Crippen molar-refractivity contribution in [1.82, 2.24) is 25.2 Å². The van der Waals surface area contributed by atoms with Crippen LogP contribution in [0, 0.1) is 12.7 Å². The summed E-state index contributed by atoms with van der Waals surface area (Å²) in [6.07, 6.45) is 7.47. The van der Waals surface area contributed by atoms with Crippen LogP contribution in [0.2, 0.25) is 0 Å². The van der Waals surface area contributed by atoms with Crippen LogP contribution in [0.4, 0.5) is 13.6 Å². The Balaban J connectivity index is 0.00000627. The summed E-state index contributed by atoms with van der Waals surface area (Å²) < 4.78 is 45.1. The van der Waals surface area contributed by atoms with Gasteiger partial charge in [0.25, 0.3) is 5.91 Å². The number of hydrogen-bond acceptors (Lipinski definition) is 8. The summed E-state index contributed by atoms with van der Waals surface area (Å²) in [5, 5.41) is 5.74.